The number of rotatable bonds is 7. The maximum absolute atomic E-state index is 5.56. The molecular formula is C10H19ClO2. The maximum atomic E-state index is 5.56. The van der Waals surface area contributed by atoms with Crippen LogP contribution in [-0.2, 0) is 9.47 Å². The normalized spacial score (nSPS) is 22.4. The molecule has 1 aliphatic heterocycles. The van der Waals surface area contributed by atoms with Crippen molar-refractivity contribution in [3.05, 3.63) is 0 Å². The van der Waals surface area contributed by atoms with Gasteiger partial charge in [-0.1, -0.05) is 0 Å². The van der Waals surface area contributed by atoms with E-state index in [1.54, 1.807) is 0 Å². The van der Waals surface area contributed by atoms with E-state index in [-0.39, 0.29) is 0 Å². The van der Waals surface area contributed by atoms with Gasteiger partial charge in [0.25, 0.3) is 0 Å². The van der Waals surface area contributed by atoms with Crippen LogP contribution in [0.4, 0.5) is 0 Å². The van der Waals surface area contributed by atoms with Crippen molar-refractivity contribution in [3.8, 4) is 0 Å². The molecule has 0 spiro atoms. The van der Waals surface area contributed by atoms with Gasteiger partial charge < -0.3 is 9.47 Å². The van der Waals surface area contributed by atoms with Gasteiger partial charge in [0.1, 0.15) is 0 Å². The van der Waals surface area contributed by atoms with Crippen molar-refractivity contribution < 1.29 is 9.47 Å². The van der Waals surface area contributed by atoms with Crippen molar-refractivity contribution in [1.82, 2.24) is 0 Å². The van der Waals surface area contributed by atoms with Crippen molar-refractivity contribution in [3.63, 3.8) is 0 Å². The Hall–Kier alpha value is 0.210. The van der Waals surface area contributed by atoms with Gasteiger partial charge >= 0.3 is 0 Å². The van der Waals surface area contributed by atoms with E-state index < -0.39 is 0 Å². The molecule has 0 aromatic carbocycles. The smallest absolute Gasteiger partial charge is 0.0809 e. The van der Waals surface area contributed by atoms with Gasteiger partial charge in [-0.2, -0.15) is 0 Å². The summed E-state index contributed by atoms with van der Waals surface area (Å²) in [6, 6.07) is 0. The van der Waals surface area contributed by atoms with Gasteiger partial charge in [0.05, 0.1) is 12.7 Å². The maximum Gasteiger partial charge on any atom is 0.0809 e. The van der Waals surface area contributed by atoms with E-state index in [1.807, 2.05) is 0 Å². The summed E-state index contributed by atoms with van der Waals surface area (Å²) in [5, 5.41) is 0. The molecule has 13 heavy (non-hydrogen) atoms. The summed E-state index contributed by atoms with van der Waals surface area (Å²) in [6.45, 7) is 2.55. The van der Waals surface area contributed by atoms with Crippen molar-refractivity contribution in [2.24, 2.45) is 0 Å². The van der Waals surface area contributed by atoms with Crippen LogP contribution in [0, 0.1) is 0 Å². The number of unbranched alkanes of at least 4 members (excludes halogenated alkanes) is 2. The second kappa shape index (κ2) is 7.60. The molecule has 0 bridgehead atoms. The van der Waals surface area contributed by atoms with Gasteiger partial charge in [-0.25, -0.2) is 0 Å². The van der Waals surface area contributed by atoms with Crippen molar-refractivity contribution in [2.45, 2.75) is 38.2 Å². The zero-order chi connectivity index (χ0) is 9.36. The highest BCUT2D eigenvalue weighted by atomic mass is 35.5. The summed E-state index contributed by atoms with van der Waals surface area (Å²) < 4.78 is 10.9. The molecule has 0 saturated carbocycles. The summed E-state index contributed by atoms with van der Waals surface area (Å²) in [6.07, 6.45) is 6.13. The van der Waals surface area contributed by atoms with Crippen LogP contribution >= 0.6 is 11.6 Å². The summed E-state index contributed by atoms with van der Waals surface area (Å²) in [5.41, 5.74) is 0. The van der Waals surface area contributed by atoms with E-state index in [0.29, 0.717) is 6.10 Å². The Morgan fingerprint density at radius 3 is 2.92 bits per heavy atom. The molecule has 0 aromatic heterocycles. The largest absolute Gasteiger partial charge is 0.379 e. The first-order valence-corrected chi connectivity index (χ1v) is 5.72. The lowest BCUT2D eigenvalue weighted by Gasteiger charge is -2.09. The Kier molecular flexibility index (Phi) is 6.60. The summed E-state index contributed by atoms with van der Waals surface area (Å²) in [4.78, 5) is 0. The van der Waals surface area contributed by atoms with Crippen LogP contribution in [0.25, 0.3) is 0 Å². The Morgan fingerprint density at radius 2 is 2.23 bits per heavy atom. The molecule has 1 saturated heterocycles. The third-order valence-corrected chi connectivity index (χ3v) is 2.52. The lowest BCUT2D eigenvalue weighted by molar-refractivity contribution is 0.0162. The van der Waals surface area contributed by atoms with Gasteiger partial charge in [-0.3, -0.25) is 0 Å². The van der Waals surface area contributed by atoms with Crippen LogP contribution < -0.4 is 0 Å². The first-order chi connectivity index (χ1) is 6.43. The first kappa shape index (κ1) is 11.3. The average molecular weight is 207 g/mol. The van der Waals surface area contributed by atoms with Crippen LogP contribution in [0.3, 0.4) is 0 Å². The van der Waals surface area contributed by atoms with E-state index >= 15 is 0 Å². The quantitative estimate of drug-likeness (QED) is 0.471. The minimum Gasteiger partial charge on any atom is -0.379 e. The van der Waals surface area contributed by atoms with Crippen molar-refractivity contribution in [1.29, 1.82) is 0 Å². The zero-order valence-corrected chi connectivity index (χ0v) is 8.89. The van der Waals surface area contributed by atoms with Gasteiger partial charge in [0.2, 0.25) is 0 Å². The molecule has 0 aliphatic carbocycles. The molecule has 0 amide bonds. The molecule has 0 radical (unpaired) electrons. The molecule has 2 nitrogen and oxygen atoms in total. The fourth-order valence-corrected chi connectivity index (χ4v) is 1.65. The lowest BCUT2D eigenvalue weighted by atomic mass is 10.2. The van der Waals surface area contributed by atoms with E-state index in [1.165, 1.54) is 19.3 Å². The van der Waals surface area contributed by atoms with Crippen LogP contribution in [0.1, 0.15) is 32.1 Å². The van der Waals surface area contributed by atoms with E-state index in [2.05, 4.69) is 0 Å². The molecule has 1 fully saturated rings. The summed E-state index contributed by atoms with van der Waals surface area (Å²) >= 11 is 5.56. The molecule has 1 atom stereocenters. The number of halogens is 1. The molecule has 1 unspecified atom stereocenters. The lowest BCUT2D eigenvalue weighted by Crippen LogP contribution is -2.14. The Morgan fingerprint density at radius 1 is 1.31 bits per heavy atom. The molecule has 3 heteroatoms. The van der Waals surface area contributed by atoms with E-state index in [4.69, 9.17) is 21.1 Å². The molecule has 1 heterocycles. The zero-order valence-electron chi connectivity index (χ0n) is 8.14. The highest BCUT2D eigenvalue weighted by Gasteiger charge is 2.14. The number of alkyl halides is 1. The number of ether oxygens (including phenoxy) is 2. The van der Waals surface area contributed by atoms with E-state index in [0.717, 1.165) is 38.5 Å². The summed E-state index contributed by atoms with van der Waals surface area (Å²) in [5.74, 6) is 0.770. The van der Waals surface area contributed by atoms with Crippen LogP contribution in [0.2, 0.25) is 0 Å². The molecule has 0 N–H and O–H groups in total. The molecule has 78 valence electrons. The minimum absolute atomic E-state index is 0.369. The van der Waals surface area contributed by atoms with E-state index in [9.17, 15) is 0 Å². The summed E-state index contributed by atoms with van der Waals surface area (Å²) in [7, 11) is 0. The Labute approximate surface area is 85.5 Å². The standard InChI is InChI=1S/C10H19ClO2/c11-6-2-1-3-7-12-9-10-5-4-8-13-10/h10H,1-9H2. The highest BCUT2D eigenvalue weighted by Crippen LogP contribution is 2.12. The first-order valence-electron chi connectivity index (χ1n) is 5.19. The molecule has 1 aliphatic rings. The number of hydrogen-bond donors (Lipinski definition) is 0. The predicted octanol–water partition coefficient (Wildman–Crippen LogP) is 2.59. The van der Waals surface area contributed by atoms with Crippen LogP contribution in [0.5, 0.6) is 0 Å². The van der Waals surface area contributed by atoms with Gasteiger partial charge in [-0.15, -0.1) is 11.6 Å². The average Bonchev–Trinajstić information content (AvgIpc) is 2.63. The Bertz CT molecular complexity index is 113. The molecular weight excluding hydrogens is 188 g/mol. The second-order valence-corrected chi connectivity index (χ2v) is 3.84. The third-order valence-electron chi connectivity index (χ3n) is 2.25. The fraction of sp³-hybridized carbons (Fsp3) is 1.00. The predicted molar refractivity (Wildman–Crippen MR) is 54.4 cm³/mol. The topological polar surface area (TPSA) is 18.5 Å². The highest BCUT2D eigenvalue weighted by molar-refractivity contribution is 6.17. The van der Waals surface area contributed by atoms with Crippen LogP contribution in [0.15, 0.2) is 0 Å². The third kappa shape index (κ3) is 5.50. The SMILES string of the molecule is ClCCCCCOCC1CCCO1. The monoisotopic (exact) mass is 206 g/mol. The fourth-order valence-electron chi connectivity index (χ4n) is 1.47. The minimum atomic E-state index is 0.369. The number of hydrogen-bond acceptors (Lipinski definition) is 2. The van der Waals surface area contributed by atoms with Crippen LogP contribution in [-0.4, -0.2) is 31.8 Å². The van der Waals surface area contributed by atoms with Crippen molar-refractivity contribution >= 4 is 11.6 Å². The second-order valence-electron chi connectivity index (χ2n) is 3.46. The molecule has 1 rings (SSSR count). The van der Waals surface area contributed by atoms with Gasteiger partial charge in [0, 0.05) is 19.1 Å². The van der Waals surface area contributed by atoms with Gasteiger partial charge in [0.15, 0.2) is 0 Å². The molecule has 0 aromatic rings. The van der Waals surface area contributed by atoms with Gasteiger partial charge in [-0.05, 0) is 32.1 Å². The van der Waals surface area contributed by atoms with Crippen molar-refractivity contribution in [2.75, 3.05) is 25.7 Å². The Balaban J connectivity index is 1.78.